The zero-order chi connectivity index (χ0) is 14.6. The van der Waals surface area contributed by atoms with E-state index in [1.54, 1.807) is 6.92 Å². The molecule has 1 fully saturated rings. The number of thioether (sulfide) groups is 1. The number of hydrogen-bond donors (Lipinski definition) is 1. The molecule has 3 atom stereocenters. The third-order valence-electron chi connectivity index (χ3n) is 4.15. The minimum atomic E-state index is -0.781. The Kier molecular flexibility index (Phi) is 5.69. The van der Waals surface area contributed by atoms with Gasteiger partial charge in [0.2, 0.25) is 5.91 Å². The van der Waals surface area contributed by atoms with Crippen molar-refractivity contribution in [2.45, 2.75) is 51.4 Å². The third kappa shape index (κ3) is 4.12. The Morgan fingerprint density at radius 3 is 2.74 bits per heavy atom. The first-order chi connectivity index (χ1) is 8.80. The molecule has 19 heavy (non-hydrogen) atoms. The predicted octanol–water partition coefficient (Wildman–Crippen LogP) is 1.87. The van der Waals surface area contributed by atoms with Gasteiger partial charge >= 0.3 is 0 Å². The van der Waals surface area contributed by atoms with Crippen LogP contribution in [0.15, 0.2) is 0 Å². The highest BCUT2D eigenvalue weighted by molar-refractivity contribution is 8.00. The highest BCUT2D eigenvalue weighted by Crippen LogP contribution is 2.24. The molecule has 1 saturated heterocycles. The first-order valence-corrected chi connectivity index (χ1v) is 7.93. The zero-order valence-corrected chi connectivity index (χ0v) is 13.4. The molecule has 0 bridgehead atoms. The van der Waals surface area contributed by atoms with Crippen LogP contribution >= 0.6 is 11.8 Å². The van der Waals surface area contributed by atoms with Crippen molar-refractivity contribution in [2.24, 2.45) is 5.92 Å². The Morgan fingerprint density at radius 2 is 2.21 bits per heavy atom. The predicted molar refractivity (Wildman–Crippen MR) is 80.0 cm³/mol. The molecule has 1 N–H and O–H groups in total. The maximum absolute atomic E-state index is 12.1. The fraction of sp³-hybridized carbons (Fsp3) is 0.857. The molecule has 0 aromatic heterocycles. The summed E-state index contributed by atoms with van der Waals surface area (Å²) >= 11 is 1.95. The maximum atomic E-state index is 12.1. The number of nitriles is 1. The molecule has 0 aliphatic carbocycles. The Labute approximate surface area is 120 Å². The fourth-order valence-corrected chi connectivity index (χ4v) is 3.20. The van der Waals surface area contributed by atoms with Gasteiger partial charge in [0, 0.05) is 23.6 Å². The van der Waals surface area contributed by atoms with Crippen molar-refractivity contribution < 1.29 is 4.79 Å². The van der Waals surface area contributed by atoms with Crippen LogP contribution in [0.3, 0.4) is 0 Å². The van der Waals surface area contributed by atoms with Crippen LogP contribution in [0.1, 0.15) is 34.6 Å². The van der Waals surface area contributed by atoms with Crippen LogP contribution in [0.4, 0.5) is 0 Å². The molecule has 1 amide bonds. The summed E-state index contributed by atoms with van der Waals surface area (Å²) < 4.78 is 0. The highest BCUT2D eigenvalue weighted by atomic mass is 32.2. The van der Waals surface area contributed by atoms with E-state index in [1.807, 2.05) is 25.6 Å². The van der Waals surface area contributed by atoms with Gasteiger partial charge in [0.25, 0.3) is 0 Å². The molecule has 0 saturated carbocycles. The van der Waals surface area contributed by atoms with Gasteiger partial charge in [0.15, 0.2) is 0 Å². The normalized spacial score (nSPS) is 27.6. The van der Waals surface area contributed by atoms with E-state index in [0.29, 0.717) is 17.8 Å². The summed E-state index contributed by atoms with van der Waals surface area (Å²) in [4.78, 5) is 14.3. The molecule has 3 unspecified atom stereocenters. The molecule has 4 nitrogen and oxygen atoms in total. The largest absolute Gasteiger partial charge is 0.337 e. The van der Waals surface area contributed by atoms with Crippen LogP contribution in [0.25, 0.3) is 0 Å². The van der Waals surface area contributed by atoms with Gasteiger partial charge in [0.05, 0.1) is 12.6 Å². The smallest absolute Gasteiger partial charge is 0.235 e. The van der Waals surface area contributed by atoms with Crippen molar-refractivity contribution in [3.05, 3.63) is 0 Å². The van der Waals surface area contributed by atoms with Crippen LogP contribution in [-0.2, 0) is 4.79 Å². The van der Waals surface area contributed by atoms with Gasteiger partial charge in [-0.1, -0.05) is 20.8 Å². The summed E-state index contributed by atoms with van der Waals surface area (Å²) in [7, 11) is 0. The summed E-state index contributed by atoms with van der Waals surface area (Å²) in [6.45, 7) is 11.4. The first-order valence-electron chi connectivity index (χ1n) is 6.88. The van der Waals surface area contributed by atoms with Crippen LogP contribution in [0, 0.1) is 17.2 Å². The number of carbonyl (C=O) groups is 1. The van der Waals surface area contributed by atoms with Crippen molar-refractivity contribution in [1.82, 2.24) is 10.2 Å². The molecule has 1 heterocycles. The molecule has 0 spiro atoms. The Hall–Kier alpha value is -0.730. The van der Waals surface area contributed by atoms with E-state index in [-0.39, 0.29) is 11.8 Å². The Bertz CT molecular complexity index is 366. The van der Waals surface area contributed by atoms with E-state index in [0.717, 1.165) is 12.3 Å². The number of nitrogens with one attached hydrogen (secondary N) is 1. The number of nitrogens with zero attached hydrogens (tertiary/aromatic N) is 2. The summed E-state index contributed by atoms with van der Waals surface area (Å²) in [5.41, 5.74) is -0.781. The molecular weight excluding hydrogens is 258 g/mol. The molecule has 1 aliphatic rings. The molecular formula is C14H25N3OS. The van der Waals surface area contributed by atoms with E-state index in [2.05, 4.69) is 30.1 Å². The Morgan fingerprint density at radius 1 is 1.58 bits per heavy atom. The standard InChI is InChI=1S/C14H25N3OS/c1-10(2)14(5,9-15)16-13(18)8-17-6-7-19-12(4)11(17)3/h10-12H,6-8H2,1-5H3,(H,16,18). The average molecular weight is 283 g/mol. The van der Waals surface area contributed by atoms with Gasteiger partial charge in [-0.25, -0.2) is 0 Å². The van der Waals surface area contributed by atoms with E-state index in [4.69, 9.17) is 0 Å². The number of hydrogen-bond acceptors (Lipinski definition) is 4. The van der Waals surface area contributed by atoms with Crippen molar-refractivity contribution in [1.29, 1.82) is 5.26 Å². The number of amides is 1. The summed E-state index contributed by atoms with van der Waals surface area (Å²) in [6, 6.07) is 2.61. The maximum Gasteiger partial charge on any atom is 0.235 e. The fourth-order valence-electron chi connectivity index (χ4n) is 2.03. The van der Waals surface area contributed by atoms with Gasteiger partial charge in [-0.2, -0.15) is 17.0 Å². The lowest BCUT2D eigenvalue weighted by atomic mass is 9.90. The van der Waals surface area contributed by atoms with Gasteiger partial charge in [0.1, 0.15) is 5.54 Å². The second-order valence-corrected chi connectivity index (χ2v) is 7.29. The molecule has 0 radical (unpaired) electrons. The van der Waals surface area contributed by atoms with Crippen molar-refractivity contribution in [3.8, 4) is 6.07 Å². The Balaban J connectivity index is 2.58. The topological polar surface area (TPSA) is 56.1 Å². The summed E-state index contributed by atoms with van der Waals surface area (Å²) in [6.07, 6.45) is 0. The van der Waals surface area contributed by atoms with Crippen molar-refractivity contribution >= 4 is 17.7 Å². The molecule has 0 aromatic carbocycles. The quantitative estimate of drug-likeness (QED) is 0.856. The molecule has 0 aromatic rings. The number of carbonyl (C=O) groups excluding carboxylic acids is 1. The van der Waals surface area contributed by atoms with E-state index in [9.17, 15) is 10.1 Å². The van der Waals surface area contributed by atoms with Crippen LogP contribution in [0.2, 0.25) is 0 Å². The lowest BCUT2D eigenvalue weighted by molar-refractivity contribution is -0.124. The van der Waals surface area contributed by atoms with Crippen molar-refractivity contribution in [3.63, 3.8) is 0 Å². The second kappa shape index (κ2) is 6.62. The van der Waals surface area contributed by atoms with E-state index < -0.39 is 5.54 Å². The van der Waals surface area contributed by atoms with Gasteiger partial charge in [-0.3, -0.25) is 9.69 Å². The molecule has 108 valence electrons. The lowest BCUT2D eigenvalue weighted by Crippen LogP contribution is -2.54. The second-order valence-electron chi connectivity index (χ2n) is 5.80. The van der Waals surface area contributed by atoms with Crippen molar-refractivity contribution in [2.75, 3.05) is 18.8 Å². The number of rotatable bonds is 4. The minimum absolute atomic E-state index is 0.0521. The molecule has 1 rings (SSSR count). The summed E-state index contributed by atoms with van der Waals surface area (Å²) in [5.74, 6) is 1.11. The van der Waals surface area contributed by atoms with Crippen LogP contribution in [-0.4, -0.2) is 46.5 Å². The van der Waals surface area contributed by atoms with Gasteiger partial charge in [-0.15, -0.1) is 0 Å². The van der Waals surface area contributed by atoms with Crippen LogP contribution in [0.5, 0.6) is 0 Å². The third-order valence-corrected chi connectivity index (χ3v) is 5.49. The van der Waals surface area contributed by atoms with E-state index in [1.165, 1.54) is 0 Å². The van der Waals surface area contributed by atoms with Crippen LogP contribution < -0.4 is 5.32 Å². The highest BCUT2D eigenvalue weighted by Gasteiger charge is 2.32. The molecule has 1 aliphatic heterocycles. The first kappa shape index (κ1) is 16.3. The summed E-state index contributed by atoms with van der Waals surface area (Å²) in [5, 5.41) is 12.6. The lowest BCUT2D eigenvalue weighted by Gasteiger charge is -2.37. The molecule has 5 heteroatoms. The minimum Gasteiger partial charge on any atom is -0.337 e. The SMILES string of the molecule is CC1SCCN(CC(=O)NC(C)(C#N)C(C)C)C1C. The van der Waals surface area contributed by atoms with E-state index >= 15 is 0 Å². The average Bonchev–Trinajstić information content (AvgIpc) is 2.34. The zero-order valence-electron chi connectivity index (χ0n) is 12.6. The monoisotopic (exact) mass is 283 g/mol. The van der Waals surface area contributed by atoms with Gasteiger partial charge in [-0.05, 0) is 19.8 Å². The van der Waals surface area contributed by atoms with Gasteiger partial charge < -0.3 is 5.32 Å².